The van der Waals surface area contributed by atoms with E-state index in [0.29, 0.717) is 11.5 Å². The molecule has 0 saturated carbocycles. The Morgan fingerprint density at radius 2 is 1.56 bits per heavy atom. The number of aromatic nitrogens is 4. The Bertz CT molecular complexity index is 1880. The van der Waals surface area contributed by atoms with Crippen molar-refractivity contribution >= 4 is 23.0 Å². The maximum Gasteiger partial charge on any atom is 0.280 e. The first-order chi connectivity index (χ1) is 23.2. The normalized spacial score (nSPS) is 19.5. The molecule has 1 fully saturated rings. The van der Waals surface area contributed by atoms with Crippen molar-refractivity contribution in [2.45, 2.75) is 44.8 Å². The van der Waals surface area contributed by atoms with Crippen molar-refractivity contribution in [2.24, 2.45) is 17.6 Å². The molecule has 3 heterocycles. The zero-order valence-electron chi connectivity index (χ0n) is 27.5. The number of methoxy groups -OCH3 is 2. The van der Waals surface area contributed by atoms with E-state index in [1.165, 1.54) is 6.33 Å². The van der Waals surface area contributed by atoms with E-state index >= 15 is 0 Å². The molecule has 12 heteroatoms. The fourth-order valence-corrected chi connectivity index (χ4v) is 6.18. The third-order valence-electron chi connectivity index (χ3n) is 8.89. The van der Waals surface area contributed by atoms with Crippen LogP contribution in [0.4, 0.5) is 5.95 Å². The number of aromatic amines is 1. The zero-order chi connectivity index (χ0) is 34.0. The molecule has 4 atom stereocenters. The topological polar surface area (TPSA) is 156 Å². The monoisotopic (exact) mass is 652 g/mol. The van der Waals surface area contributed by atoms with E-state index in [0.717, 1.165) is 16.7 Å². The minimum Gasteiger partial charge on any atom is -0.497 e. The van der Waals surface area contributed by atoms with Gasteiger partial charge in [-0.3, -0.25) is 24.5 Å². The summed E-state index contributed by atoms with van der Waals surface area (Å²) in [5.41, 5.74) is 7.53. The van der Waals surface area contributed by atoms with Gasteiger partial charge in [-0.25, -0.2) is 4.98 Å². The van der Waals surface area contributed by atoms with E-state index in [2.05, 4.69) is 20.3 Å². The van der Waals surface area contributed by atoms with Gasteiger partial charge < -0.3 is 24.7 Å². The summed E-state index contributed by atoms with van der Waals surface area (Å²) >= 11 is 0. The van der Waals surface area contributed by atoms with E-state index in [1.54, 1.807) is 32.6 Å². The molecule has 1 saturated heterocycles. The first-order valence-corrected chi connectivity index (χ1v) is 15.9. The van der Waals surface area contributed by atoms with Crippen molar-refractivity contribution in [1.29, 1.82) is 0 Å². The summed E-state index contributed by atoms with van der Waals surface area (Å²) in [7, 11) is 3.26. The van der Waals surface area contributed by atoms with Crippen LogP contribution in [-0.2, 0) is 19.9 Å². The number of nitrogens with zero attached hydrogens (tertiary/aromatic N) is 3. The first kappa shape index (κ1) is 32.9. The van der Waals surface area contributed by atoms with Crippen molar-refractivity contribution in [3.05, 3.63) is 112 Å². The van der Waals surface area contributed by atoms with Crippen molar-refractivity contribution in [3.8, 4) is 11.5 Å². The summed E-state index contributed by atoms with van der Waals surface area (Å²) in [6, 6.07) is 25.5. The van der Waals surface area contributed by atoms with Gasteiger partial charge in [-0.2, -0.15) is 4.98 Å². The molecule has 250 valence electrons. The van der Waals surface area contributed by atoms with Crippen LogP contribution in [0.2, 0.25) is 0 Å². The van der Waals surface area contributed by atoms with Gasteiger partial charge in [0, 0.05) is 18.4 Å². The molecule has 1 aliphatic rings. The SMILES string of the molecule is COc1ccc(C(O[C@@H]2[C@H](C)[C@@H](CN)O[C@H]2n2cnc3c(=O)[nH]c(NC(=O)C(C)C)nc32)(c2ccccc2)c2ccc(OC)cc2)cc1. The number of hydrogen-bond acceptors (Lipinski definition) is 9. The highest BCUT2D eigenvalue weighted by Crippen LogP contribution is 2.47. The number of benzene rings is 3. The number of H-pyrrole nitrogens is 1. The fraction of sp³-hybridized carbons (Fsp3) is 0.333. The molecule has 1 aliphatic heterocycles. The van der Waals surface area contributed by atoms with E-state index in [-0.39, 0.29) is 47.5 Å². The predicted molar refractivity (Wildman–Crippen MR) is 181 cm³/mol. The number of ether oxygens (including phenoxy) is 4. The van der Waals surface area contributed by atoms with Crippen LogP contribution in [0.15, 0.2) is 90.0 Å². The molecule has 0 spiro atoms. The van der Waals surface area contributed by atoms with Gasteiger partial charge in [-0.15, -0.1) is 0 Å². The molecule has 2 aromatic heterocycles. The number of nitrogens with two attached hydrogens (primary N) is 1. The molecular weight excluding hydrogens is 612 g/mol. The molecule has 1 amide bonds. The highest BCUT2D eigenvalue weighted by atomic mass is 16.6. The molecule has 0 bridgehead atoms. The number of carbonyl (C=O) groups is 1. The smallest absolute Gasteiger partial charge is 0.280 e. The Morgan fingerprint density at radius 3 is 2.10 bits per heavy atom. The number of nitrogens with one attached hydrogen (secondary N) is 2. The molecule has 5 aromatic rings. The summed E-state index contributed by atoms with van der Waals surface area (Å²) in [5, 5.41) is 2.68. The molecule has 0 radical (unpaired) electrons. The van der Waals surface area contributed by atoms with Crippen LogP contribution < -0.4 is 26.1 Å². The number of fused-ring (bicyclic) bond motifs is 1. The standard InChI is InChI=1S/C36H40N6O6/c1-21(2)32(43)40-35-39-31-29(33(44)41-35)38-20-42(31)34-30(22(3)28(19-37)47-34)48-36(23-9-7-6-8-10-23,24-11-15-26(45-4)16-12-24)25-13-17-27(46-5)18-14-25/h6-18,20-22,28,30,34H,19,37H2,1-5H3,(H2,39,40,41,43,44)/t22-,28-,30-,34-/m1/s1. The second-order valence-electron chi connectivity index (χ2n) is 12.1. The van der Waals surface area contributed by atoms with E-state index in [1.807, 2.05) is 85.8 Å². The highest BCUT2D eigenvalue weighted by molar-refractivity contribution is 5.91. The average molecular weight is 653 g/mol. The van der Waals surface area contributed by atoms with Gasteiger partial charge in [0.25, 0.3) is 5.56 Å². The van der Waals surface area contributed by atoms with Crippen LogP contribution in [0.3, 0.4) is 0 Å². The molecule has 3 aromatic carbocycles. The number of anilines is 1. The van der Waals surface area contributed by atoms with Crippen molar-refractivity contribution in [1.82, 2.24) is 19.5 Å². The Morgan fingerprint density at radius 1 is 0.979 bits per heavy atom. The van der Waals surface area contributed by atoms with E-state index in [9.17, 15) is 9.59 Å². The number of rotatable bonds is 11. The Kier molecular flexibility index (Phi) is 9.31. The summed E-state index contributed by atoms with van der Waals surface area (Å²) in [4.78, 5) is 37.2. The number of carbonyl (C=O) groups excluding carboxylic acids is 1. The van der Waals surface area contributed by atoms with Gasteiger partial charge in [0.1, 0.15) is 23.2 Å². The minimum atomic E-state index is -1.15. The van der Waals surface area contributed by atoms with Gasteiger partial charge in [0.15, 0.2) is 17.4 Å². The fourth-order valence-electron chi connectivity index (χ4n) is 6.18. The lowest BCUT2D eigenvalue weighted by atomic mass is 9.79. The van der Waals surface area contributed by atoms with Gasteiger partial charge in [-0.05, 0) is 41.0 Å². The summed E-state index contributed by atoms with van der Waals surface area (Å²) < 4.78 is 26.8. The van der Waals surface area contributed by atoms with Gasteiger partial charge in [0.2, 0.25) is 11.9 Å². The lowest BCUT2D eigenvalue weighted by Crippen LogP contribution is -2.41. The molecule has 12 nitrogen and oxygen atoms in total. The van der Waals surface area contributed by atoms with Crippen LogP contribution in [-0.4, -0.2) is 58.4 Å². The zero-order valence-corrected chi connectivity index (χ0v) is 27.5. The predicted octanol–water partition coefficient (Wildman–Crippen LogP) is 4.60. The Balaban J connectivity index is 1.54. The number of imidazole rings is 1. The molecule has 6 rings (SSSR count). The quantitative estimate of drug-likeness (QED) is 0.174. The Hall–Kier alpha value is -5.04. The van der Waals surface area contributed by atoms with Crippen molar-refractivity contribution in [2.75, 3.05) is 26.1 Å². The first-order valence-electron chi connectivity index (χ1n) is 15.9. The molecule has 4 N–H and O–H groups in total. The maximum atomic E-state index is 13.1. The number of hydrogen-bond donors (Lipinski definition) is 3. The summed E-state index contributed by atoms with van der Waals surface area (Å²) in [5.74, 6) is 0.609. The van der Waals surface area contributed by atoms with Crippen molar-refractivity contribution in [3.63, 3.8) is 0 Å². The maximum absolute atomic E-state index is 13.1. The van der Waals surface area contributed by atoms with Gasteiger partial charge in [0.05, 0.1) is 26.7 Å². The molecular formula is C36H40N6O6. The van der Waals surface area contributed by atoms with Crippen LogP contribution in [0, 0.1) is 11.8 Å². The third-order valence-corrected chi connectivity index (χ3v) is 8.89. The highest BCUT2D eigenvalue weighted by Gasteiger charge is 2.50. The van der Waals surface area contributed by atoms with Crippen LogP contribution >= 0.6 is 0 Å². The average Bonchev–Trinajstić information content (AvgIpc) is 3.67. The van der Waals surface area contributed by atoms with Gasteiger partial charge in [-0.1, -0.05) is 75.4 Å². The largest absolute Gasteiger partial charge is 0.497 e. The molecule has 0 unspecified atom stereocenters. The minimum absolute atomic E-state index is 0.0157. The van der Waals surface area contributed by atoms with Crippen LogP contribution in [0.25, 0.3) is 11.2 Å². The van der Waals surface area contributed by atoms with Crippen LogP contribution in [0.1, 0.15) is 43.7 Å². The summed E-state index contributed by atoms with van der Waals surface area (Å²) in [6.07, 6.45) is -0.297. The van der Waals surface area contributed by atoms with Crippen molar-refractivity contribution < 1.29 is 23.7 Å². The Labute approximate surface area is 278 Å². The molecule has 0 aliphatic carbocycles. The van der Waals surface area contributed by atoms with Gasteiger partial charge >= 0.3 is 0 Å². The molecule has 48 heavy (non-hydrogen) atoms. The van der Waals surface area contributed by atoms with E-state index < -0.39 is 23.5 Å². The lowest BCUT2D eigenvalue weighted by Gasteiger charge is -2.40. The lowest BCUT2D eigenvalue weighted by molar-refractivity contribution is -0.118. The third kappa shape index (κ3) is 5.94. The number of amides is 1. The van der Waals surface area contributed by atoms with Crippen LogP contribution in [0.5, 0.6) is 11.5 Å². The second kappa shape index (κ2) is 13.6. The van der Waals surface area contributed by atoms with E-state index in [4.69, 9.17) is 24.7 Å². The second-order valence-corrected chi connectivity index (χ2v) is 12.1. The summed E-state index contributed by atoms with van der Waals surface area (Å²) in [6.45, 7) is 5.78.